The van der Waals surface area contributed by atoms with Crippen molar-refractivity contribution in [3.05, 3.63) is 35.6 Å². The van der Waals surface area contributed by atoms with E-state index in [1.165, 1.54) is 24.3 Å². The monoisotopic (exact) mass is 296 g/mol. The molecule has 21 heavy (non-hydrogen) atoms. The van der Waals surface area contributed by atoms with Crippen LogP contribution in [-0.2, 0) is 9.59 Å². The molecule has 0 aliphatic rings. The number of carbonyl (C=O) groups excluding carboxylic acids is 2. The first-order valence-electron chi connectivity index (χ1n) is 6.46. The average molecular weight is 296 g/mol. The van der Waals surface area contributed by atoms with Crippen molar-refractivity contribution in [1.82, 2.24) is 10.6 Å². The van der Waals surface area contributed by atoms with E-state index >= 15 is 0 Å². The maximum Gasteiger partial charge on any atom is 0.321 e. The molecule has 1 aromatic rings. The molecule has 3 amide bonds. The third kappa shape index (κ3) is 6.51. The number of benzene rings is 1. The van der Waals surface area contributed by atoms with Crippen LogP contribution in [0, 0.1) is 5.82 Å². The summed E-state index contributed by atoms with van der Waals surface area (Å²) < 4.78 is 12.8. The maximum atomic E-state index is 12.8. The van der Waals surface area contributed by atoms with E-state index in [0.29, 0.717) is 5.56 Å². The lowest BCUT2D eigenvalue weighted by Gasteiger charge is -2.14. The van der Waals surface area contributed by atoms with Crippen LogP contribution in [0.15, 0.2) is 24.3 Å². The van der Waals surface area contributed by atoms with Crippen molar-refractivity contribution in [3.63, 3.8) is 0 Å². The minimum absolute atomic E-state index is 0.0371. The van der Waals surface area contributed by atoms with Gasteiger partial charge in [-0.25, -0.2) is 9.18 Å². The number of carboxylic acids is 1. The number of nitrogens with one attached hydrogen (secondary N) is 2. The number of halogens is 1. The lowest BCUT2D eigenvalue weighted by Crippen LogP contribution is -2.40. The van der Waals surface area contributed by atoms with Gasteiger partial charge in [0.2, 0.25) is 5.91 Å². The molecule has 0 spiro atoms. The molecule has 0 radical (unpaired) electrons. The molecule has 0 heterocycles. The van der Waals surface area contributed by atoms with E-state index in [2.05, 4.69) is 10.6 Å². The Hall–Kier alpha value is -2.44. The van der Waals surface area contributed by atoms with Gasteiger partial charge in [0.1, 0.15) is 5.82 Å². The Bertz CT molecular complexity index is 516. The van der Waals surface area contributed by atoms with Crippen LogP contribution in [0.25, 0.3) is 0 Å². The molecular formula is C14H17FN2O4. The molecule has 0 bridgehead atoms. The highest BCUT2D eigenvalue weighted by Gasteiger charge is 2.12. The second kappa shape index (κ2) is 7.98. The van der Waals surface area contributed by atoms with E-state index in [1.807, 2.05) is 0 Å². The third-order valence-electron chi connectivity index (χ3n) is 2.77. The summed E-state index contributed by atoms with van der Waals surface area (Å²) in [6, 6.07) is 4.57. The van der Waals surface area contributed by atoms with Gasteiger partial charge in [-0.1, -0.05) is 12.1 Å². The Kier molecular flexibility index (Phi) is 6.32. The zero-order valence-electron chi connectivity index (χ0n) is 11.6. The quantitative estimate of drug-likeness (QED) is 0.748. The topological polar surface area (TPSA) is 95.5 Å². The second-order valence-electron chi connectivity index (χ2n) is 4.54. The summed E-state index contributed by atoms with van der Waals surface area (Å²) in [5, 5.41) is 13.1. The second-order valence-corrected chi connectivity index (χ2v) is 4.54. The van der Waals surface area contributed by atoms with Crippen molar-refractivity contribution >= 4 is 17.9 Å². The minimum atomic E-state index is -0.989. The number of carbonyl (C=O) groups is 3. The van der Waals surface area contributed by atoms with Crippen molar-refractivity contribution in [2.75, 3.05) is 0 Å². The summed E-state index contributed by atoms with van der Waals surface area (Å²) >= 11 is 0. The fourth-order valence-electron chi connectivity index (χ4n) is 1.66. The fourth-order valence-corrected chi connectivity index (χ4v) is 1.66. The summed E-state index contributed by atoms with van der Waals surface area (Å²) in [7, 11) is 0. The van der Waals surface area contributed by atoms with Gasteiger partial charge in [0.25, 0.3) is 0 Å². The van der Waals surface area contributed by atoms with Crippen LogP contribution in [0.5, 0.6) is 0 Å². The molecule has 0 saturated carbocycles. The van der Waals surface area contributed by atoms with Crippen LogP contribution < -0.4 is 10.6 Å². The van der Waals surface area contributed by atoms with Crippen LogP contribution >= 0.6 is 0 Å². The van der Waals surface area contributed by atoms with Crippen molar-refractivity contribution in [3.8, 4) is 0 Å². The maximum absolute atomic E-state index is 12.8. The number of rotatable bonds is 6. The SMILES string of the molecule is CC(NC(=O)NC(=O)CCCC(=O)O)c1ccc(F)cc1. The van der Waals surface area contributed by atoms with E-state index in [1.54, 1.807) is 6.92 Å². The number of amides is 3. The molecule has 0 aliphatic heterocycles. The van der Waals surface area contributed by atoms with E-state index in [0.717, 1.165) is 0 Å². The standard InChI is InChI=1S/C14H17FN2O4/c1-9(10-5-7-11(15)8-6-10)16-14(21)17-12(18)3-2-4-13(19)20/h5-9H,2-4H2,1H3,(H,19,20)(H2,16,17,18,21). The zero-order chi connectivity index (χ0) is 15.8. The number of hydrogen-bond acceptors (Lipinski definition) is 3. The van der Waals surface area contributed by atoms with E-state index < -0.39 is 23.9 Å². The molecule has 1 atom stereocenters. The molecule has 6 nitrogen and oxygen atoms in total. The number of aliphatic carboxylic acids is 1. The van der Waals surface area contributed by atoms with Crippen LogP contribution in [0.1, 0.15) is 37.8 Å². The van der Waals surface area contributed by atoms with E-state index in [9.17, 15) is 18.8 Å². The summed E-state index contributed by atoms with van der Waals surface area (Å²) in [5.74, 6) is -1.90. The van der Waals surface area contributed by atoms with Gasteiger partial charge in [0.15, 0.2) is 0 Å². The van der Waals surface area contributed by atoms with Gasteiger partial charge in [-0.2, -0.15) is 0 Å². The number of urea groups is 1. The first-order valence-corrected chi connectivity index (χ1v) is 6.46. The Morgan fingerprint density at radius 1 is 1.19 bits per heavy atom. The van der Waals surface area contributed by atoms with E-state index in [-0.39, 0.29) is 25.1 Å². The normalized spacial score (nSPS) is 11.5. The first-order chi connectivity index (χ1) is 9.88. The molecule has 1 unspecified atom stereocenters. The van der Waals surface area contributed by atoms with Crippen molar-refractivity contribution in [2.45, 2.75) is 32.2 Å². The van der Waals surface area contributed by atoms with Gasteiger partial charge in [0.05, 0.1) is 6.04 Å². The van der Waals surface area contributed by atoms with Crippen molar-refractivity contribution < 1.29 is 23.9 Å². The summed E-state index contributed by atoms with van der Waals surface area (Å²) in [4.78, 5) is 33.2. The van der Waals surface area contributed by atoms with E-state index in [4.69, 9.17) is 5.11 Å². The lowest BCUT2D eigenvalue weighted by molar-refractivity contribution is -0.137. The Balaban J connectivity index is 2.37. The molecular weight excluding hydrogens is 279 g/mol. The zero-order valence-corrected chi connectivity index (χ0v) is 11.6. The fraction of sp³-hybridized carbons (Fsp3) is 0.357. The molecule has 1 rings (SSSR count). The molecule has 1 aromatic carbocycles. The Labute approximate surface area is 121 Å². The summed E-state index contributed by atoms with van der Waals surface area (Å²) in [5.41, 5.74) is 0.699. The van der Waals surface area contributed by atoms with Crippen molar-refractivity contribution in [1.29, 1.82) is 0 Å². The van der Waals surface area contributed by atoms with Gasteiger partial charge in [-0.05, 0) is 31.0 Å². The molecule has 0 aromatic heterocycles. The molecule has 0 aliphatic carbocycles. The van der Waals surface area contributed by atoms with Gasteiger partial charge >= 0.3 is 12.0 Å². The smallest absolute Gasteiger partial charge is 0.321 e. The summed E-state index contributed by atoms with van der Waals surface area (Å²) in [6.07, 6.45) is 0.00757. The largest absolute Gasteiger partial charge is 0.481 e. The van der Waals surface area contributed by atoms with Gasteiger partial charge in [-0.15, -0.1) is 0 Å². The van der Waals surface area contributed by atoms with Crippen molar-refractivity contribution in [2.24, 2.45) is 0 Å². The molecule has 0 fully saturated rings. The van der Waals surface area contributed by atoms with Crippen LogP contribution in [-0.4, -0.2) is 23.0 Å². The summed E-state index contributed by atoms with van der Waals surface area (Å²) in [6.45, 7) is 1.70. The highest BCUT2D eigenvalue weighted by atomic mass is 19.1. The minimum Gasteiger partial charge on any atom is -0.481 e. The number of carboxylic acid groups (broad SMARTS) is 1. The molecule has 3 N–H and O–H groups in total. The highest BCUT2D eigenvalue weighted by Crippen LogP contribution is 2.12. The molecule has 114 valence electrons. The number of imide groups is 1. The Morgan fingerprint density at radius 2 is 1.81 bits per heavy atom. The third-order valence-corrected chi connectivity index (χ3v) is 2.77. The van der Waals surface area contributed by atoms with Crippen LogP contribution in [0.4, 0.5) is 9.18 Å². The highest BCUT2D eigenvalue weighted by molar-refractivity contribution is 5.94. The lowest BCUT2D eigenvalue weighted by atomic mass is 10.1. The van der Waals surface area contributed by atoms with Crippen LogP contribution in [0.2, 0.25) is 0 Å². The predicted molar refractivity (Wildman–Crippen MR) is 73.0 cm³/mol. The van der Waals surface area contributed by atoms with Crippen LogP contribution in [0.3, 0.4) is 0 Å². The average Bonchev–Trinajstić information content (AvgIpc) is 2.38. The Morgan fingerprint density at radius 3 is 2.38 bits per heavy atom. The van der Waals surface area contributed by atoms with Gasteiger partial charge in [0, 0.05) is 12.8 Å². The van der Waals surface area contributed by atoms with Gasteiger partial charge < -0.3 is 10.4 Å². The van der Waals surface area contributed by atoms with Gasteiger partial charge in [-0.3, -0.25) is 14.9 Å². The molecule has 0 saturated heterocycles. The first kappa shape index (κ1) is 16.6. The predicted octanol–water partition coefficient (Wildman–Crippen LogP) is 1.97. The number of hydrogen-bond donors (Lipinski definition) is 3. The molecule has 7 heteroatoms.